The Kier molecular flexibility index (Phi) is 3.22. The minimum Gasteiger partial charge on any atom is -0.465 e. The lowest BCUT2D eigenvalue weighted by atomic mass is 9.96. The molecule has 0 aromatic heterocycles. The molecule has 0 N–H and O–H groups in total. The first-order chi connectivity index (χ1) is 6.57. The minimum absolute atomic E-state index is 0.180. The number of likely N-dealkylation sites (tertiary alicyclic amines) is 1. The molecule has 1 atom stereocenters. The molecule has 5 heteroatoms. The van der Waals surface area contributed by atoms with Gasteiger partial charge >= 0.3 is 5.97 Å². The molecule has 0 aromatic rings. The standard InChI is InChI=1S/C9H13NO4/c1-3-14-9(13)7-6(11)4-5-10(2)8(7)12/h7H,3-5H2,1-2H3/t7-/m0/s1. The summed E-state index contributed by atoms with van der Waals surface area (Å²) in [5, 5.41) is 0. The van der Waals surface area contributed by atoms with Crippen molar-refractivity contribution in [3.05, 3.63) is 0 Å². The van der Waals surface area contributed by atoms with Gasteiger partial charge in [0.25, 0.3) is 0 Å². The van der Waals surface area contributed by atoms with E-state index >= 15 is 0 Å². The molecule has 5 nitrogen and oxygen atoms in total. The molecule has 0 aromatic carbocycles. The Morgan fingerprint density at radius 3 is 2.79 bits per heavy atom. The van der Waals surface area contributed by atoms with Crippen LogP contribution in [-0.4, -0.2) is 42.8 Å². The Hall–Kier alpha value is -1.39. The third-order valence-corrected chi connectivity index (χ3v) is 2.16. The van der Waals surface area contributed by atoms with E-state index in [0.717, 1.165) is 0 Å². The monoisotopic (exact) mass is 199 g/mol. The highest BCUT2D eigenvalue weighted by Crippen LogP contribution is 2.14. The molecule has 1 amide bonds. The molecule has 1 aliphatic rings. The van der Waals surface area contributed by atoms with Gasteiger partial charge in [-0.3, -0.25) is 14.4 Å². The highest BCUT2D eigenvalue weighted by Gasteiger charge is 2.40. The summed E-state index contributed by atoms with van der Waals surface area (Å²) in [5.41, 5.74) is 0. The number of Topliss-reactive ketones (excluding diaryl/α,β-unsaturated/α-hetero) is 1. The van der Waals surface area contributed by atoms with Crippen LogP contribution < -0.4 is 0 Å². The van der Waals surface area contributed by atoms with E-state index in [4.69, 9.17) is 0 Å². The third-order valence-electron chi connectivity index (χ3n) is 2.16. The second-order valence-electron chi connectivity index (χ2n) is 3.16. The molecule has 0 saturated carbocycles. The normalized spacial score (nSPS) is 22.4. The number of ketones is 1. The highest BCUT2D eigenvalue weighted by atomic mass is 16.5. The summed E-state index contributed by atoms with van der Waals surface area (Å²) in [6.45, 7) is 2.20. The second kappa shape index (κ2) is 4.21. The third kappa shape index (κ3) is 1.92. The molecule has 1 heterocycles. The van der Waals surface area contributed by atoms with Crippen molar-refractivity contribution < 1.29 is 19.1 Å². The lowest BCUT2D eigenvalue weighted by molar-refractivity contribution is -0.160. The van der Waals surface area contributed by atoms with Crippen molar-refractivity contribution in [2.45, 2.75) is 13.3 Å². The number of nitrogens with zero attached hydrogens (tertiary/aromatic N) is 1. The molecule has 0 radical (unpaired) electrons. The summed E-state index contributed by atoms with van der Waals surface area (Å²) in [6.07, 6.45) is 0.228. The molecular formula is C9H13NO4. The first kappa shape index (κ1) is 10.7. The fraction of sp³-hybridized carbons (Fsp3) is 0.667. The maximum absolute atomic E-state index is 11.5. The summed E-state index contributed by atoms with van der Waals surface area (Å²) in [5.74, 6) is -2.76. The van der Waals surface area contributed by atoms with Crippen LogP contribution >= 0.6 is 0 Å². The Balaban J connectivity index is 2.77. The molecule has 1 aliphatic heterocycles. The summed E-state index contributed by atoms with van der Waals surface area (Å²) < 4.78 is 4.66. The van der Waals surface area contributed by atoms with Gasteiger partial charge in [-0.2, -0.15) is 0 Å². The van der Waals surface area contributed by atoms with Gasteiger partial charge in [0.15, 0.2) is 11.7 Å². The lowest BCUT2D eigenvalue weighted by Gasteiger charge is -2.26. The Labute approximate surface area is 82.0 Å². The summed E-state index contributed by atoms with van der Waals surface area (Å²) in [4.78, 5) is 35.4. The number of piperidine rings is 1. The Morgan fingerprint density at radius 2 is 2.21 bits per heavy atom. The second-order valence-corrected chi connectivity index (χ2v) is 3.16. The van der Waals surface area contributed by atoms with Crippen LogP contribution in [0.4, 0.5) is 0 Å². The van der Waals surface area contributed by atoms with Crippen LogP contribution in [0.3, 0.4) is 0 Å². The SMILES string of the molecule is CCOC(=O)[C@H]1C(=O)CCN(C)C1=O. The molecule has 1 saturated heterocycles. The van der Waals surface area contributed by atoms with Crippen LogP contribution in [0.15, 0.2) is 0 Å². The maximum atomic E-state index is 11.5. The number of carbonyl (C=O) groups is 3. The summed E-state index contributed by atoms with van der Waals surface area (Å²) >= 11 is 0. The van der Waals surface area contributed by atoms with Crippen molar-refractivity contribution in [2.75, 3.05) is 20.2 Å². The van der Waals surface area contributed by atoms with Crippen molar-refractivity contribution in [2.24, 2.45) is 5.92 Å². The first-order valence-electron chi connectivity index (χ1n) is 4.52. The van der Waals surface area contributed by atoms with E-state index in [1.165, 1.54) is 4.90 Å². The maximum Gasteiger partial charge on any atom is 0.326 e. The van der Waals surface area contributed by atoms with Crippen LogP contribution in [0.25, 0.3) is 0 Å². The zero-order valence-corrected chi connectivity index (χ0v) is 8.28. The van der Waals surface area contributed by atoms with Gasteiger partial charge < -0.3 is 9.64 Å². The average molecular weight is 199 g/mol. The Bertz CT molecular complexity index is 274. The van der Waals surface area contributed by atoms with Gasteiger partial charge in [0, 0.05) is 20.0 Å². The predicted molar refractivity (Wildman–Crippen MR) is 47.4 cm³/mol. The molecule has 1 fully saturated rings. The van der Waals surface area contributed by atoms with Crippen molar-refractivity contribution in [1.82, 2.24) is 4.90 Å². The first-order valence-corrected chi connectivity index (χ1v) is 4.52. The van der Waals surface area contributed by atoms with E-state index in [9.17, 15) is 14.4 Å². The number of amides is 1. The number of ether oxygens (including phenoxy) is 1. The number of hydrogen-bond donors (Lipinski definition) is 0. The Morgan fingerprint density at radius 1 is 1.57 bits per heavy atom. The van der Waals surface area contributed by atoms with Gasteiger partial charge in [-0.05, 0) is 6.92 Å². The van der Waals surface area contributed by atoms with Crippen molar-refractivity contribution in [1.29, 1.82) is 0 Å². The molecule has 0 bridgehead atoms. The van der Waals surface area contributed by atoms with E-state index in [-0.39, 0.29) is 18.8 Å². The number of rotatable bonds is 2. The number of esters is 1. The molecule has 14 heavy (non-hydrogen) atoms. The largest absolute Gasteiger partial charge is 0.465 e. The lowest BCUT2D eigenvalue weighted by Crippen LogP contribution is -2.47. The smallest absolute Gasteiger partial charge is 0.326 e. The van der Waals surface area contributed by atoms with Gasteiger partial charge in [-0.15, -0.1) is 0 Å². The summed E-state index contributed by atoms with van der Waals surface area (Å²) in [6, 6.07) is 0. The fourth-order valence-electron chi connectivity index (χ4n) is 1.35. The van der Waals surface area contributed by atoms with Crippen LogP contribution in [0, 0.1) is 5.92 Å². The number of carbonyl (C=O) groups excluding carboxylic acids is 3. The fourth-order valence-corrected chi connectivity index (χ4v) is 1.35. The molecular weight excluding hydrogens is 186 g/mol. The molecule has 0 aliphatic carbocycles. The minimum atomic E-state index is -1.23. The van der Waals surface area contributed by atoms with Crippen molar-refractivity contribution in [3.8, 4) is 0 Å². The van der Waals surface area contributed by atoms with Gasteiger partial charge in [-0.1, -0.05) is 0 Å². The van der Waals surface area contributed by atoms with Crippen LogP contribution in [0.1, 0.15) is 13.3 Å². The molecule has 0 unspecified atom stereocenters. The van der Waals surface area contributed by atoms with Gasteiger partial charge in [-0.25, -0.2) is 0 Å². The zero-order chi connectivity index (χ0) is 10.7. The van der Waals surface area contributed by atoms with Gasteiger partial charge in [0.1, 0.15) is 0 Å². The quantitative estimate of drug-likeness (QED) is 0.448. The molecule has 0 spiro atoms. The molecule has 78 valence electrons. The van der Waals surface area contributed by atoms with E-state index in [1.807, 2.05) is 0 Å². The van der Waals surface area contributed by atoms with Crippen molar-refractivity contribution >= 4 is 17.7 Å². The topological polar surface area (TPSA) is 63.7 Å². The van der Waals surface area contributed by atoms with E-state index in [0.29, 0.717) is 6.54 Å². The van der Waals surface area contributed by atoms with Gasteiger partial charge in [0.05, 0.1) is 6.61 Å². The number of hydrogen-bond acceptors (Lipinski definition) is 4. The average Bonchev–Trinajstić information content (AvgIpc) is 2.13. The van der Waals surface area contributed by atoms with Crippen LogP contribution in [-0.2, 0) is 19.1 Å². The van der Waals surface area contributed by atoms with Crippen LogP contribution in [0.5, 0.6) is 0 Å². The van der Waals surface area contributed by atoms with E-state index < -0.39 is 17.8 Å². The van der Waals surface area contributed by atoms with Gasteiger partial charge in [0.2, 0.25) is 5.91 Å². The molecule has 1 rings (SSSR count). The van der Waals surface area contributed by atoms with Crippen LogP contribution in [0.2, 0.25) is 0 Å². The van der Waals surface area contributed by atoms with E-state index in [1.54, 1.807) is 14.0 Å². The zero-order valence-electron chi connectivity index (χ0n) is 8.28. The van der Waals surface area contributed by atoms with Crippen molar-refractivity contribution in [3.63, 3.8) is 0 Å². The summed E-state index contributed by atoms with van der Waals surface area (Å²) in [7, 11) is 1.57. The predicted octanol–water partition coefficient (Wildman–Crippen LogP) is -0.403. The highest BCUT2D eigenvalue weighted by molar-refractivity contribution is 6.17. The van der Waals surface area contributed by atoms with E-state index in [2.05, 4.69) is 4.74 Å².